The van der Waals surface area contributed by atoms with Crippen LogP contribution in [0.2, 0.25) is 0 Å². The predicted molar refractivity (Wildman–Crippen MR) is 97.9 cm³/mol. The number of carbonyl (C=O) groups excluding carboxylic acids is 1. The van der Waals surface area contributed by atoms with E-state index in [1.165, 1.54) is 0 Å². The highest BCUT2D eigenvalue weighted by atomic mass is 16.2. The molecule has 3 aromatic rings. The van der Waals surface area contributed by atoms with Crippen LogP contribution < -0.4 is 10.6 Å². The fraction of sp³-hybridized carbons (Fsp3) is 0.190. The molecule has 0 aliphatic heterocycles. The molecule has 1 aliphatic rings. The molecule has 0 heterocycles. The van der Waals surface area contributed by atoms with E-state index in [1.807, 2.05) is 54.6 Å². The summed E-state index contributed by atoms with van der Waals surface area (Å²) < 4.78 is 0. The van der Waals surface area contributed by atoms with Crippen LogP contribution in [0.4, 0.5) is 5.69 Å². The summed E-state index contributed by atoms with van der Waals surface area (Å²) in [7, 11) is 0. The maximum absolute atomic E-state index is 12.8. The standard InChI is InChI=1S/C21H20N2O/c24-21(22-17-13-14-17)20(16-8-2-1-3-9-16)23-19-12-6-10-15-7-4-5-11-18(15)19/h1-12,17,20,23H,13-14H2,(H,22,24)/t20-/m0/s1. The highest BCUT2D eigenvalue weighted by molar-refractivity contribution is 5.96. The molecule has 0 saturated heterocycles. The fourth-order valence-electron chi connectivity index (χ4n) is 2.96. The molecule has 1 saturated carbocycles. The molecule has 0 unspecified atom stereocenters. The number of fused-ring (bicyclic) bond motifs is 1. The molecule has 1 atom stereocenters. The Hall–Kier alpha value is -2.81. The molecular formula is C21H20N2O. The molecule has 1 aliphatic carbocycles. The molecule has 0 radical (unpaired) electrons. The third kappa shape index (κ3) is 3.11. The van der Waals surface area contributed by atoms with Gasteiger partial charge >= 0.3 is 0 Å². The van der Waals surface area contributed by atoms with Crippen LogP contribution in [0.25, 0.3) is 10.8 Å². The normalized spacial score (nSPS) is 15.0. The molecule has 0 bridgehead atoms. The first-order chi connectivity index (χ1) is 11.8. The SMILES string of the molecule is O=C(NC1CC1)[C@@H](Nc1cccc2ccccc12)c1ccccc1. The van der Waals surface area contributed by atoms with Gasteiger partial charge < -0.3 is 10.6 Å². The molecule has 4 rings (SSSR count). The van der Waals surface area contributed by atoms with E-state index in [1.54, 1.807) is 0 Å². The van der Waals surface area contributed by atoms with Crippen molar-refractivity contribution in [1.29, 1.82) is 0 Å². The quantitative estimate of drug-likeness (QED) is 0.738. The second-order valence-electron chi connectivity index (χ2n) is 6.30. The Bertz CT molecular complexity index is 851. The lowest BCUT2D eigenvalue weighted by Crippen LogP contribution is -2.34. The highest BCUT2D eigenvalue weighted by Gasteiger charge is 2.28. The molecule has 1 amide bonds. The zero-order valence-corrected chi connectivity index (χ0v) is 13.4. The van der Waals surface area contributed by atoms with Crippen molar-refractivity contribution < 1.29 is 4.79 Å². The zero-order chi connectivity index (χ0) is 16.4. The smallest absolute Gasteiger partial charge is 0.247 e. The number of hydrogen-bond acceptors (Lipinski definition) is 2. The van der Waals surface area contributed by atoms with E-state index in [0.29, 0.717) is 6.04 Å². The van der Waals surface area contributed by atoms with Crippen LogP contribution in [-0.4, -0.2) is 11.9 Å². The summed E-state index contributed by atoms with van der Waals surface area (Å²) in [6.45, 7) is 0. The Morgan fingerprint density at radius 3 is 2.38 bits per heavy atom. The average Bonchev–Trinajstić information content (AvgIpc) is 3.44. The molecule has 24 heavy (non-hydrogen) atoms. The van der Waals surface area contributed by atoms with Gasteiger partial charge in [-0.1, -0.05) is 66.7 Å². The van der Waals surface area contributed by atoms with Crippen LogP contribution in [0.1, 0.15) is 24.4 Å². The van der Waals surface area contributed by atoms with Gasteiger partial charge in [0.15, 0.2) is 0 Å². The Morgan fingerprint density at radius 2 is 1.58 bits per heavy atom. The van der Waals surface area contributed by atoms with Gasteiger partial charge in [0.2, 0.25) is 5.91 Å². The number of nitrogens with one attached hydrogen (secondary N) is 2. The zero-order valence-electron chi connectivity index (χ0n) is 13.4. The van der Waals surface area contributed by atoms with E-state index in [-0.39, 0.29) is 5.91 Å². The second kappa shape index (κ2) is 6.36. The van der Waals surface area contributed by atoms with Crippen LogP contribution in [0.5, 0.6) is 0 Å². The lowest BCUT2D eigenvalue weighted by molar-refractivity contribution is -0.122. The first kappa shape index (κ1) is 14.8. The van der Waals surface area contributed by atoms with Gasteiger partial charge in [0.25, 0.3) is 0 Å². The highest BCUT2D eigenvalue weighted by Crippen LogP contribution is 2.28. The van der Waals surface area contributed by atoms with Gasteiger partial charge in [-0.2, -0.15) is 0 Å². The van der Waals surface area contributed by atoms with Crippen molar-refractivity contribution in [3.05, 3.63) is 78.4 Å². The lowest BCUT2D eigenvalue weighted by atomic mass is 10.0. The number of benzene rings is 3. The lowest BCUT2D eigenvalue weighted by Gasteiger charge is -2.21. The van der Waals surface area contributed by atoms with E-state index in [9.17, 15) is 4.79 Å². The number of anilines is 1. The van der Waals surface area contributed by atoms with E-state index >= 15 is 0 Å². The molecule has 3 aromatic carbocycles. The maximum atomic E-state index is 12.8. The van der Waals surface area contributed by atoms with E-state index in [2.05, 4.69) is 28.8 Å². The Morgan fingerprint density at radius 1 is 0.875 bits per heavy atom. The summed E-state index contributed by atoms with van der Waals surface area (Å²) in [5.41, 5.74) is 1.96. The maximum Gasteiger partial charge on any atom is 0.247 e. The topological polar surface area (TPSA) is 41.1 Å². The minimum Gasteiger partial charge on any atom is -0.370 e. The first-order valence-electron chi connectivity index (χ1n) is 8.41. The van der Waals surface area contributed by atoms with Gasteiger partial charge in [0, 0.05) is 17.1 Å². The van der Waals surface area contributed by atoms with Crippen molar-refractivity contribution >= 4 is 22.4 Å². The van der Waals surface area contributed by atoms with E-state index in [0.717, 1.165) is 34.9 Å². The van der Waals surface area contributed by atoms with Crippen molar-refractivity contribution in [3.8, 4) is 0 Å². The van der Waals surface area contributed by atoms with Crippen molar-refractivity contribution in [2.45, 2.75) is 24.9 Å². The van der Waals surface area contributed by atoms with Gasteiger partial charge in [-0.25, -0.2) is 0 Å². The van der Waals surface area contributed by atoms with Gasteiger partial charge in [-0.3, -0.25) is 4.79 Å². The van der Waals surface area contributed by atoms with Crippen molar-refractivity contribution in [3.63, 3.8) is 0 Å². The average molecular weight is 316 g/mol. The van der Waals surface area contributed by atoms with Crippen LogP contribution in [0.15, 0.2) is 72.8 Å². The number of rotatable bonds is 5. The molecule has 3 heteroatoms. The summed E-state index contributed by atoms with van der Waals surface area (Å²) in [4.78, 5) is 12.8. The Balaban J connectivity index is 1.69. The van der Waals surface area contributed by atoms with E-state index in [4.69, 9.17) is 0 Å². The summed E-state index contributed by atoms with van der Waals surface area (Å²) >= 11 is 0. The minimum absolute atomic E-state index is 0.0386. The minimum atomic E-state index is -0.391. The van der Waals surface area contributed by atoms with Crippen molar-refractivity contribution in [1.82, 2.24) is 5.32 Å². The van der Waals surface area contributed by atoms with Crippen LogP contribution in [0.3, 0.4) is 0 Å². The molecule has 0 aromatic heterocycles. The predicted octanol–water partition coefficient (Wildman–Crippen LogP) is 4.27. The molecule has 1 fully saturated rings. The molecule has 120 valence electrons. The molecule has 3 nitrogen and oxygen atoms in total. The van der Waals surface area contributed by atoms with Crippen molar-refractivity contribution in [2.75, 3.05) is 5.32 Å². The Kier molecular flexibility index (Phi) is 3.91. The third-order valence-corrected chi connectivity index (χ3v) is 4.41. The van der Waals surface area contributed by atoms with Crippen LogP contribution in [0, 0.1) is 0 Å². The molecular weight excluding hydrogens is 296 g/mol. The van der Waals surface area contributed by atoms with Gasteiger partial charge in [-0.15, -0.1) is 0 Å². The third-order valence-electron chi connectivity index (χ3n) is 4.41. The fourth-order valence-corrected chi connectivity index (χ4v) is 2.96. The van der Waals surface area contributed by atoms with Crippen LogP contribution in [-0.2, 0) is 4.79 Å². The Labute approximate surface area is 141 Å². The van der Waals surface area contributed by atoms with Crippen LogP contribution >= 0.6 is 0 Å². The first-order valence-corrected chi connectivity index (χ1v) is 8.41. The number of carbonyl (C=O) groups is 1. The van der Waals surface area contributed by atoms with Gasteiger partial charge in [-0.05, 0) is 29.9 Å². The van der Waals surface area contributed by atoms with E-state index < -0.39 is 6.04 Å². The van der Waals surface area contributed by atoms with Gasteiger partial charge in [0.05, 0.1) is 0 Å². The monoisotopic (exact) mass is 316 g/mol. The van der Waals surface area contributed by atoms with Crippen molar-refractivity contribution in [2.24, 2.45) is 0 Å². The summed E-state index contributed by atoms with van der Waals surface area (Å²) in [5.74, 6) is 0.0386. The van der Waals surface area contributed by atoms with Gasteiger partial charge in [0.1, 0.15) is 6.04 Å². The molecule has 2 N–H and O–H groups in total. The second-order valence-corrected chi connectivity index (χ2v) is 6.30. The largest absolute Gasteiger partial charge is 0.370 e. The summed E-state index contributed by atoms with van der Waals surface area (Å²) in [6, 6.07) is 24.2. The molecule has 0 spiro atoms. The summed E-state index contributed by atoms with van der Waals surface area (Å²) in [6.07, 6.45) is 2.17. The number of amides is 1. The number of hydrogen-bond donors (Lipinski definition) is 2. The summed E-state index contributed by atoms with van der Waals surface area (Å²) in [5, 5.41) is 8.87.